The number of aliphatic carboxylic acids is 1. The number of piperidine rings is 1. The maximum Gasteiger partial charge on any atom is 0.328 e. The number of hydrogen-bond donors (Lipinski definition) is 2. The van der Waals surface area contributed by atoms with Crippen molar-refractivity contribution < 1.29 is 27.5 Å². The van der Waals surface area contributed by atoms with Crippen molar-refractivity contribution in [1.29, 1.82) is 0 Å². The SMILES string of the molecule is O=C(CCc1ccc(S(=O)(=O)N2CCCCC2)cc1)NC(CF)C(=O)O. The number of benzene rings is 1. The van der Waals surface area contributed by atoms with Gasteiger partial charge in [0.15, 0.2) is 6.04 Å². The number of nitrogens with zero attached hydrogens (tertiary/aromatic N) is 1. The quantitative estimate of drug-likeness (QED) is 0.702. The van der Waals surface area contributed by atoms with Gasteiger partial charge in [-0.2, -0.15) is 4.31 Å². The van der Waals surface area contributed by atoms with Crippen LogP contribution in [0, 0.1) is 0 Å². The van der Waals surface area contributed by atoms with Crippen molar-refractivity contribution in [3.63, 3.8) is 0 Å². The lowest BCUT2D eigenvalue weighted by molar-refractivity contribution is -0.142. The topological polar surface area (TPSA) is 104 Å². The standard InChI is InChI=1S/C17H23FN2O5S/c18-12-15(17(22)23)19-16(21)9-6-13-4-7-14(8-5-13)26(24,25)20-10-2-1-3-11-20/h4-5,7-8,15H,1-3,6,9-12H2,(H,19,21)(H,22,23). The molecule has 0 radical (unpaired) electrons. The monoisotopic (exact) mass is 386 g/mol. The van der Waals surface area contributed by atoms with Crippen molar-refractivity contribution in [2.45, 2.75) is 43.0 Å². The lowest BCUT2D eigenvalue weighted by Gasteiger charge is -2.25. The third-order valence-corrected chi connectivity index (χ3v) is 6.22. The van der Waals surface area contributed by atoms with Crippen LogP contribution >= 0.6 is 0 Å². The number of carboxylic acid groups (broad SMARTS) is 1. The molecule has 0 saturated carbocycles. The molecule has 7 nitrogen and oxygen atoms in total. The number of halogens is 1. The first-order valence-electron chi connectivity index (χ1n) is 8.52. The largest absolute Gasteiger partial charge is 0.480 e. The summed E-state index contributed by atoms with van der Waals surface area (Å²) in [7, 11) is -3.49. The molecule has 1 aromatic carbocycles. The van der Waals surface area contributed by atoms with Gasteiger partial charge >= 0.3 is 5.97 Å². The van der Waals surface area contributed by atoms with Crippen LogP contribution in [0.15, 0.2) is 29.2 Å². The highest BCUT2D eigenvalue weighted by atomic mass is 32.2. The van der Waals surface area contributed by atoms with Gasteiger partial charge in [-0.05, 0) is 37.0 Å². The van der Waals surface area contributed by atoms with E-state index in [9.17, 15) is 22.4 Å². The summed E-state index contributed by atoms with van der Waals surface area (Å²) in [6.45, 7) is -0.114. The van der Waals surface area contributed by atoms with Gasteiger partial charge in [-0.3, -0.25) is 4.79 Å². The molecule has 0 bridgehead atoms. The summed E-state index contributed by atoms with van der Waals surface area (Å²) in [6, 6.07) is 4.75. The van der Waals surface area contributed by atoms with Crippen LogP contribution < -0.4 is 5.32 Å². The molecule has 9 heteroatoms. The van der Waals surface area contributed by atoms with Crippen molar-refractivity contribution >= 4 is 21.9 Å². The van der Waals surface area contributed by atoms with Crippen LogP contribution in [0.25, 0.3) is 0 Å². The van der Waals surface area contributed by atoms with E-state index in [0.29, 0.717) is 19.5 Å². The number of nitrogens with one attached hydrogen (secondary N) is 1. The lowest BCUT2D eigenvalue weighted by Crippen LogP contribution is -2.42. The maximum absolute atomic E-state index is 12.6. The van der Waals surface area contributed by atoms with Gasteiger partial charge in [0.2, 0.25) is 15.9 Å². The fraction of sp³-hybridized carbons (Fsp3) is 0.529. The molecule has 2 N–H and O–H groups in total. The Morgan fingerprint density at radius 2 is 1.77 bits per heavy atom. The molecule has 144 valence electrons. The van der Waals surface area contributed by atoms with Crippen LogP contribution in [0.2, 0.25) is 0 Å². The summed E-state index contributed by atoms with van der Waals surface area (Å²) in [4.78, 5) is 22.6. The smallest absolute Gasteiger partial charge is 0.328 e. The second-order valence-electron chi connectivity index (χ2n) is 6.22. The Morgan fingerprint density at radius 3 is 2.31 bits per heavy atom. The van der Waals surface area contributed by atoms with Gasteiger partial charge < -0.3 is 10.4 Å². The predicted molar refractivity (Wildman–Crippen MR) is 92.9 cm³/mol. The highest BCUT2D eigenvalue weighted by Crippen LogP contribution is 2.21. The molecule has 1 unspecified atom stereocenters. The molecule has 2 rings (SSSR count). The molecule has 1 heterocycles. The van der Waals surface area contributed by atoms with E-state index in [-0.39, 0.29) is 11.3 Å². The van der Waals surface area contributed by atoms with Crippen molar-refractivity contribution in [2.75, 3.05) is 19.8 Å². The number of alkyl halides is 1. The first-order valence-corrected chi connectivity index (χ1v) is 9.96. The van der Waals surface area contributed by atoms with Gasteiger partial charge in [0.1, 0.15) is 6.67 Å². The molecule has 1 fully saturated rings. The fourth-order valence-electron chi connectivity index (χ4n) is 2.77. The van der Waals surface area contributed by atoms with E-state index in [1.165, 1.54) is 16.4 Å². The van der Waals surface area contributed by atoms with Crippen LogP contribution in [0.5, 0.6) is 0 Å². The predicted octanol–water partition coefficient (Wildman–Crippen LogP) is 1.33. The van der Waals surface area contributed by atoms with Crippen molar-refractivity contribution in [3.8, 4) is 0 Å². The minimum atomic E-state index is -3.49. The third kappa shape index (κ3) is 5.25. The summed E-state index contributed by atoms with van der Waals surface area (Å²) < 4.78 is 39.1. The normalized spacial score (nSPS) is 16.8. The number of rotatable bonds is 8. The minimum Gasteiger partial charge on any atom is -0.480 e. The first kappa shape index (κ1) is 20.3. The number of carboxylic acids is 1. The summed E-state index contributed by atoms with van der Waals surface area (Å²) in [5, 5.41) is 10.8. The van der Waals surface area contributed by atoms with Crippen LogP contribution in [-0.4, -0.2) is 55.5 Å². The fourth-order valence-corrected chi connectivity index (χ4v) is 4.29. The van der Waals surface area contributed by atoms with E-state index in [0.717, 1.165) is 24.8 Å². The summed E-state index contributed by atoms with van der Waals surface area (Å²) in [5.41, 5.74) is 0.741. The Balaban J connectivity index is 1.93. The molecule has 1 aliphatic heterocycles. The summed E-state index contributed by atoms with van der Waals surface area (Å²) in [5.74, 6) is -1.99. The number of amides is 1. The van der Waals surface area contributed by atoms with Gasteiger partial charge in [0, 0.05) is 19.5 Å². The average Bonchev–Trinajstić information content (AvgIpc) is 2.65. The second kappa shape index (κ2) is 9.09. The summed E-state index contributed by atoms with van der Waals surface area (Å²) >= 11 is 0. The van der Waals surface area contributed by atoms with Crippen LogP contribution in [0.3, 0.4) is 0 Å². The molecule has 0 spiro atoms. The van der Waals surface area contributed by atoms with E-state index >= 15 is 0 Å². The van der Waals surface area contributed by atoms with Crippen molar-refractivity contribution in [2.24, 2.45) is 0 Å². The van der Waals surface area contributed by atoms with E-state index in [1.807, 2.05) is 0 Å². The zero-order valence-corrected chi connectivity index (χ0v) is 15.2. The van der Waals surface area contributed by atoms with E-state index < -0.39 is 34.6 Å². The van der Waals surface area contributed by atoms with E-state index in [2.05, 4.69) is 5.32 Å². The highest BCUT2D eigenvalue weighted by Gasteiger charge is 2.25. The zero-order valence-electron chi connectivity index (χ0n) is 14.4. The Labute approximate surface area is 152 Å². The maximum atomic E-state index is 12.6. The molecule has 1 atom stereocenters. The Hall–Kier alpha value is -2.00. The van der Waals surface area contributed by atoms with Gasteiger partial charge in [-0.15, -0.1) is 0 Å². The van der Waals surface area contributed by atoms with Crippen LogP contribution in [0.4, 0.5) is 4.39 Å². The van der Waals surface area contributed by atoms with Gasteiger partial charge in [-0.25, -0.2) is 17.6 Å². The third-order valence-electron chi connectivity index (χ3n) is 4.30. The molecular weight excluding hydrogens is 363 g/mol. The van der Waals surface area contributed by atoms with E-state index in [4.69, 9.17) is 5.11 Å². The Kier molecular flexibility index (Phi) is 7.10. The van der Waals surface area contributed by atoms with Crippen molar-refractivity contribution in [3.05, 3.63) is 29.8 Å². The molecular formula is C17H23FN2O5S. The number of aryl methyl sites for hydroxylation is 1. The van der Waals surface area contributed by atoms with E-state index in [1.54, 1.807) is 12.1 Å². The molecule has 1 aliphatic rings. The molecule has 1 amide bonds. The number of carbonyl (C=O) groups excluding carboxylic acids is 1. The molecule has 1 saturated heterocycles. The van der Waals surface area contributed by atoms with Crippen molar-refractivity contribution in [1.82, 2.24) is 9.62 Å². The molecule has 0 aromatic heterocycles. The molecule has 1 aromatic rings. The molecule has 26 heavy (non-hydrogen) atoms. The second-order valence-corrected chi connectivity index (χ2v) is 8.16. The van der Waals surface area contributed by atoms with Gasteiger partial charge in [-0.1, -0.05) is 18.6 Å². The first-order chi connectivity index (χ1) is 12.3. The minimum absolute atomic E-state index is 0.0119. The highest BCUT2D eigenvalue weighted by molar-refractivity contribution is 7.89. The average molecular weight is 386 g/mol. The van der Waals surface area contributed by atoms with Gasteiger partial charge in [0.25, 0.3) is 0 Å². The number of sulfonamides is 1. The number of carbonyl (C=O) groups is 2. The van der Waals surface area contributed by atoms with Gasteiger partial charge in [0.05, 0.1) is 4.90 Å². The summed E-state index contributed by atoms with van der Waals surface area (Å²) in [6.07, 6.45) is 3.06. The van der Waals surface area contributed by atoms with Crippen LogP contribution in [-0.2, 0) is 26.0 Å². The Bertz CT molecular complexity index is 730. The van der Waals surface area contributed by atoms with Crippen LogP contribution in [0.1, 0.15) is 31.2 Å². The zero-order chi connectivity index (χ0) is 19.2. The number of hydrogen-bond acceptors (Lipinski definition) is 4. The lowest BCUT2D eigenvalue weighted by atomic mass is 10.1. The molecule has 0 aliphatic carbocycles. The Morgan fingerprint density at radius 1 is 1.15 bits per heavy atom.